The lowest BCUT2D eigenvalue weighted by atomic mass is 9.82. The first kappa shape index (κ1) is 24.4. The van der Waals surface area contributed by atoms with Crippen molar-refractivity contribution in [2.75, 3.05) is 32.7 Å². The summed E-state index contributed by atoms with van der Waals surface area (Å²) in [4.78, 5) is 25.4. The van der Waals surface area contributed by atoms with Crippen molar-refractivity contribution in [3.8, 4) is 0 Å². The van der Waals surface area contributed by atoms with Crippen molar-refractivity contribution in [1.82, 2.24) is 5.32 Å². The van der Waals surface area contributed by atoms with E-state index in [0.29, 0.717) is 23.6 Å². The molecule has 1 amide bonds. The maximum Gasteiger partial charge on any atom is 0.348 e. The molecule has 2 aromatic rings. The number of nitrogens with one attached hydrogen (secondary N) is 1. The normalized spacial score (nSPS) is 24.1. The Labute approximate surface area is 202 Å². The monoisotopic (exact) mass is 465 g/mol. The molecule has 0 radical (unpaired) electrons. The van der Waals surface area contributed by atoms with Crippen LogP contribution in [0.5, 0.6) is 0 Å². The second-order valence-corrected chi connectivity index (χ2v) is 10.2. The van der Waals surface area contributed by atoms with Crippen molar-refractivity contribution in [1.29, 1.82) is 0 Å². The van der Waals surface area contributed by atoms with E-state index in [4.69, 9.17) is 4.74 Å². The average Bonchev–Trinajstić information content (AvgIpc) is 2.87. The zero-order chi connectivity index (χ0) is 24.2. The van der Waals surface area contributed by atoms with Crippen molar-refractivity contribution < 1.29 is 23.9 Å². The Morgan fingerprint density at radius 3 is 2.12 bits per heavy atom. The number of fused-ring (bicyclic) bond motifs is 3. The summed E-state index contributed by atoms with van der Waals surface area (Å²) in [6, 6.07) is 18.1. The molecule has 1 atom stereocenters. The lowest BCUT2D eigenvalue weighted by Gasteiger charge is -2.52. The van der Waals surface area contributed by atoms with Gasteiger partial charge in [-0.3, -0.25) is 4.79 Å². The molecule has 2 bridgehead atoms. The fourth-order valence-corrected chi connectivity index (χ4v) is 5.48. The Morgan fingerprint density at radius 2 is 1.59 bits per heavy atom. The summed E-state index contributed by atoms with van der Waals surface area (Å²) in [6.07, 6.45) is 2.73. The number of amides is 1. The molecule has 0 saturated carbocycles. The number of quaternary nitrogens is 1. The molecule has 2 aromatic carbocycles. The van der Waals surface area contributed by atoms with Gasteiger partial charge < -0.3 is 19.6 Å². The number of hydrogen-bond acceptors (Lipinski definition) is 4. The van der Waals surface area contributed by atoms with Gasteiger partial charge in [0, 0.05) is 37.6 Å². The van der Waals surface area contributed by atoms with Crippen LogP contribution in [0, 0.1) is 11.8 Å². The first-order chi connectivity index (χ1) is 16.3. The fraction of sp³-hybridized carbons (Fsp3) is 0.500. The number of aliphatic hydroxyl groups is 1. The zero-order valence-corrected chi connectivity index (χ0v) is 20.3. The molecule has 3 fully saturated rings. The molecule has 3 aliphatic rings. The first-order valence-electron chi connectivity index (χ1n) is 12.5. The maximum absolute atomic E-state index is 13.6. The molecule has 0 aromatic heterocycles. The van der Waals surface area contributed by atoms with Gasteiger partial charge in [-0.1, -0.05) is 74.5 Å². The second-order valence-electron chi connectivity index (χ2n) is 10.2. The van der Waals surface area contributed by atoms with Crippen molar-refractivity contribution in [2.45, 2.75) is 44.8 Å². The van der Waals surface area contributed by atoms with Crippen molar-refractivity contribution in [3.05, 3.63) is 71.8 Å². The highest BCUT2D eigenvalue weighted by Gasteiger charge is 2.50. The highest BCUT2D eigenvalue weighted by Crippen LogP contribution is 2.38. The van der Waals surface area contributed by atoms with E-state index in [9.17, 15) is 14.7 Å². The number of carbonyl (C=O) groups is 2. The van der Waals surface area contributed by atoms with Crippen molar-refractivity contribution in [3.63, 3.8) is 0 Å². The van der Waals surface area contributed by atoms with Gasteiger partial charge in [0.05, 0.1) is 19.6 Å². The number of ether oxygens (including phenoxy) is 1. The number of hydrogen-bond donors (Lipinski definition) is 2. The number of piperidine rings is 3. The van der Waals surface area contributed by atoms with Crippen LogP contribution in [-0.4, -0.2) is 60.3 Å². The van der Waals surface area contributed by atoms with Crippen molar-refractivity contribution >= 4 is 11.9 Å². The van der Waals surface area contributed by atoms with Crippen LogP contribution in [-0.2, 0) is 19.9 Å². The largest absolute Gasteiger partial charge is 0.453 e. The molecule has 3 heterocycles. The number of benzene rings is 2. The lowest BCUT2D eigenvalue weighted by molar-refractivity contribution is -0.946. The lowest BCUT2D eigenvalue weighted by Crippen LogP contribution is -2.65. The van der Waals surface area contributed by atoms with E-state index in [0.717, 1.165) is 49.9 Å². The Hall–Kier alpha value is -2.70. The Morgan fingerprint density at radius 1 is 1.03 bits per heavy atom. The Bertz CT molecular complexity index is 929. The van der Waals surface area contributed by atoms with E-state index in [2.05, 4.69) is 5.32 Å². The third kappa shape index (κ3) is 5.03. The molecule has 34 heavy (non-hydrogen) atoms. The molecule has 182 valence electrons. The molecule has 3 aliphatic heterocycles. The van der Waals surface area contributed by atoms with Gasteiger partial charge in [0.1, 0.15) is 6.54 Å². The summed E-state index contributed by atoms with van der Waals surface area (Å²) < 4.78 is 7.04. The Kier molecular flexibility index (Phi) is 7.39. The number of nitrogens with zero attached hydrogens (tertiary/aromatic N) is 1. The molecular formula is C28H37N2O4+. The van der Waals surface area contributed by atoms with Crippen LogP contribution in [0.25, 0.3) is 0 Å². The minimum Gasteiger partial charge on any atom is -0.453 e. The molecule has 5 rings (SSSR count). The molecule has 0 spiro atoms. The van der Waals surface area contributed by atoms with Crippen LogP contribution in [0.1, 0.15) is 44.2 Å². The highest BCUT2D eigenvalue weighted by atomic mass is 16.6. The standard InChI is InChI=1S/C28H36N2O4/c1-21(2)26(31)29-16-9-17-30-18-14-22(15-19-30)25(20-30)34-27(32)28(33,23-10-5-3-6-11-23)24-12-7-4-8-13-24/h3-8,10-13,21-22,25,33H,9,14-20H2,1-2H3/p+1. The number of esters is 1. The summed E-state index contributed by atoms with van der Waals surface area (Å²) in [6.45, 7) is 8.37. The smallest absolute Gasteiger partial charge is 0.348 e. The zero-order valence-electron chi connectivity index (χ0n) is 20.3. The molecule has 6 heteroatoms. The molecular weight excluding hydrogens is 428 g/mol. The minimum absolute atomic E-state index is 0.00505. The van der Waals surface area contributed by atoms with Gasteiger partial charge in [-0.05, 0) is 11.1 Å². The topological polar surface area (TPSA) is 75.6 Å². The van der Waals surface area contributed by atoms with Gasteiger partial charge >= 0.3 is 5.97 Å². The van der Waals surface area contributed by atoms with Crippen LogP contribution in [0.2, 0.25) is 0 Å². The first-order valence-corrected chi connectivity index (χ1v) is 12.5. The van der Waals surface area contributed by atoms with Crippen LogP contribution in [0.15, 0.2) is 60.7 Å². The third-order valence-electron chi connectivity index (χ3n) is 7.61. The quantitative estimate of drug-likeness (QED) is 0.339. The van der Waals surface area contributed by atoms with Crippen LogP contribution < -0.4 is 5.32 Å². The second kappa shape index (κ2) is 10.3. The molecule has 1 unspecified atom stereocenters. The summed E-state index contributed by atoms with van der Waals surface area (Å²) in [5.74, 6) is -0.189. The highest BCUT2D eigenvalue weighted by molar-refractivity contribution is 5.85. The predicted molar refractivity (Wildman–Crippen MR) is 131 cm³/mol. The van der Waals surface area contributed by atoms with Gasteiger partial charge in [-0.2, -0.15) is 0 Å². The molecule has 2 N–H and O–H groups in total. The van der Waals surface area contributed by atoms with Gasteiger partial charge in [0.2, 0.25) is 11.5 Å². The van der Waals surface area contributed by atoms with Crippen LogP contribution >= 0.6 is 0 Å². The predicted octanol–water partition coefficient (Wildman–Crippen LogP) is 3.24. The van der Waals surface area contributed by atoms with Crippen LogP contribution in [0.4, 0.5) is 0 Å². The van der Waals surface area contributed by atoms with E-state index in [-0.39, 0.29) is 17.9 Å². The van der Waals surface area contributed by atoms with E-state index < -0.39 is 11.6 Å². The summed E-state index contributed by atoms with van der Waals surface area (Å²) in [5.41, 5.74) is -0.824. The molecule has 3 saturated heterocycles. The third-order valence-corrected chi connectivity index (χ3v) is 7.61. The van der Waals surface area contributed by atoms with Gasteiger partial charge in [-0.15, -0.1) is 0 Å². The van der Waals surface area contributed by atoms with E-state index in [1.54, 1.807) is 24.3 Å². The van der Waals surface area contributed by atoms with Gasteiger partial charge in [-0.25, -0.2) is 4.79 Å². The fourth-order valence-electron chi connectivity index (χ4n) is 5.48. The minimum atomic E-state index is -1.85. The Balaban J connectivity index is 1.46. The van der Waals surface area contributed by atoms with E-state index in [1.165, 1.54) is 0 Å². The van der Waals surface area contributed by atoms with E-state index in [1.807, 2.05) is 50.2 Å². The van der Waals surface area contributed by atoms with Crippen molar-refractivity contribution in [2.24, 2.45) is 11.8 Å². The van der Waals surface area contributed by atoms with Gasteiger partial charge in [0.25, 0.3) is 0 Å². The molecule has 6 nitrogen and oxygen atoms in total. The van der Waals surface area contributed by atoms with Gasteiger partial charge in [0.15, 0.2) is 6.10 Å². The van der Waals surface area contributed by atoms with E-state index >= 15 is 0 Å². The summed E-state index contributed by atoms with van der Waals surface area (Å²) in [5, 5.41) is 14.7. The number of rotatable bonds is 9. The SMILES string of the molecule is CC(C)C(=O)NCCC[N+]12CCC(CC1)C(OC(=O)C(O)(c1ccccc1)c1ccccc1)C2. The average molecular weight is 466 g/mol. The maximum atomic E-state index is 13.6. The summed E-state index contributed by atoms with van der Waals surface area (Å²) in [7, 11) is 0. The summed E-state index contributed by atoms with van der Waals surface area (Å²) >= 11 is 0. The van der Waals surface area contributed by atoms with Crippen LogP contribution in [0.3, 0.4) is 0 Å². The number of carbonyl (C=O) groups excluding carboxylic acids is 2. The molecule has 0 aliphatic carbocycles.